The summed E-state index contributed by atoms with van der Waals surface area (Å²) < 4.78 is 33.1. The molecular formula is C33H35N5O8. The van der Waals surface area contributed by atoms with E-state index in [1.54, 1.807) is 43.2 Å². The number of anilines is 2. The summed E-state index contributed by atoms with van der Waals surface area (Å²) in [4.78, 5) is 38.1. The number of carbonyl (C=O) groups is 2. The number of para-hydroxylation sites is 4. The fourth-order valence-electron chi connectivity index (χ4n) is 5.24. The highest BCUT2D eigenvalue weighted by Crippen LogP contribution is 2.36. The molecule has 1 N–H and O–H groups in total. The van der Waals surface area contributed by atoms with E-state index in [2.05, 4.69) is 5.32 Å². The molecular weight excluding hydrogens is 594 g/mol. The van der Waals surface area contributed by atoms with Gasteiger partial charge in [-0.05, 0) is 30.3 Å². The molecule has 0 spiro atoms. The number of nitrogens with zero attached hydrogens (tertiary/aromatic N) is 4. The van der Waals surface area contributed by atoms with Gasteiger partial charge in [-0.25, -0.2) is 4.98 Å². The first-order valence-electron chi connectivity index (χ1n) is 14.9. The van der Waals surface area contributed by atoms with Gasteiger partial charge in [-0.2, -0.15) is 4.98 Å². The maximum absolute atomic E-state index is 13.2. The number of nitrogens with one attached hydrogen (secondary N) is 1. The van der Waals surface area contributed by atoms with Crippen LogP contribution in [-0.4, -0.2) is 93.0 Å². The summed E-state index contributed by atoms with van der Waals surface area (Å²) in [5.41, 5.74) is 0.577. The topological polar surface area (TPSA) is 134 Å². The minimum Gasteiger partial charge on any atom is -0.493 e. The zero-order valence-electron chi connectivity index (χ0n) is 25.9. The number of carbonyl (C=O) groups excluding carboxylic acids is 2. The molecule has 13 heteroatoms. The molecule has 0 aliphatic carbocycles. The normalized spacial score (nSPS) is 16.5. The Morgan fingerprint density at radius 2 is 1.39 bits per heavy atom. The molecule has 1 fully saturated rings. The molecule has 4 heterocycles. The molecule has 4 aromatic rings. The molecule has 1 unspecified atom stereocenters. The average Bonchev–Trinajstić information content (AvgIpc) is 3.11. The van der Waals surface area contributed by atoms with Crippen LogP contribution in [-0.2, 0) is 9.59 Å². The van der Waals surface area contributed by atoms with Crippen LogP contribution in [0.2, 0.25) is 0 Å². The van der Waals surface area contributed by atoms with E-state index in [0.717, 1.165) is 11.5 Å². The fourth-order valence-corrected chi connectivity index (χ4v) is 5.24. The van der Waals surface area contributed by atoms with E-state index in [-0.39, 0.29) is 12.5 Å². The molecule has 0 saturated carbocycles. The van der Waals surface area contributed by atoms with E-state index in [1.807, 2.05) is 41.3 Å². The van der Waals surface area contributed by atoms with Gasteiger partial charge in [-0.15, -0.1) is 0 Å². The number of hydrogen-bond donors (Lipinski definition) is 1. The Balaban J connectivity index is 0.000000314. The highest BCUT2D eigenvalue weighted by Gasteiger charge is 2.29. The minimum absolute atomic E-state index is 0.0372. The SMILES string of the molecule is COc1cc2nc(N3CCN(C(C)=O)CC3)nc(NC(=O)C3COc4ccccc4O3)c2cc1OC.c1ccc2c(c1)OCCO2. The number of hydrogen-bond acceptors (Lipinski definition) is 11. The van der Waals surface area contributed by atoms with Gasteiger partial charge in [0.2, 0.25) is 18.0 Å². The predicted octanol–water partition coefficient (Wildman–Crippen LogP) is 3.55. The lowest BCUT2D eigenvalue weighted by Crippen LogP contribution is -2.48. The van der Waals surface area contributed by atoms with Crippen molar-refractivity contribution in [3.63, 3.8) is 0 Å². The van der Waals surface area contributed by atoms with Gasteiger partial charge in [0.05, 0.1) is 19.7 Å². The lowest BCUT2D eigenvalue weighted by atomic mass is 10.2. The minimum atomic E-state index is -0.854. The summed E-state index contributed by atoms with van der Waals surface area (Å²) in [6, 6.07) is 18.4. The summed E-state index contributed by atoms with van der Waals surface area (Å²) >= 11 is 0. The van der Waals surface area contributed by atoms with Gasteiger partial charge in [0, 0.05) is 44.6 Å². The van der Waals surface area contributed by atoms with Crippen molar-refractivity contribution < 1.29 is 38.0 Å². The zero-order valence-corrected chi connectivity index (χ0v) is 25.9. The number of methoxy groups -OCH3 is 2. The molecule has 7 rings (SSSR count). The second-order valence-electron chi connectivity index (χ2n) is 10.6. The van der Waals surface area contributed by atoms with Gasteiger partial charge in [0.1, 0.15) is 25.6 Å². The van der Waals surface area contributed by atoms with Gasteiger partial charge in [-0.1, -0.05) is 24.3 Å². The van der Waals surface area contributed by atoms with Gasteiger partial charge in [0.25, 0.3) is 5.91 Å². The van der Waals surface area contributed by atoms with Gasteiger partial charge in [-0.3, -0.25) is 9.59 Å². The fraction of sp³-hybridized carbons (Fsp3) is 0.333. The third-order valence-corrected chi connectivity index (χ3v) is 7.69. The Morgan fingerprint density at radius 1 is 0.804 bits per heavy atom. The number of piperazine rings is 1. The Bertz CT molecular complexity index is 1700. The van der Waals surface area contributed by atoms with Crippen molar-refractivity contribution in [1.82, 2.24) is 14.9 Å². The Morgan fingerprint density at radius 3 is 2.00 bits per heavy atom. The van der Waals surface area contributed by atoms with Crippen molar-refractivity contribution in [2.75, 3.05) is 70.4 Å². The Labute approximate surface area is 265 Å². The van der Waals surface area contributed by atoms with E-state index in [4.69, 9.17) is 38.4 Å². The molecule has 46 heavy (non-hydrogen) atoms. The molecule has 0 radical (unpaired) electrons. The summed E-state index contributed by atoms with van der Waals surface area (Å²) in [7, 11) is 3.09. The molecule has 3 aromatic carbocycles. The molecule has 3 aliphatic heterocycles. The van der Waals surface area contributed by atoms with Crippen molar-refractivity contribution in [2.24, 2.45) is 0 Å². The summed E-state index contributed by atoms with van der Waals surface area (Å²) in [5.74, 6) is 4.21. The number of ether oxygens (including phenoxy) is 6. The van der Waals surface area contributed by atoms with E-state index in [1.165, 1.54) is 7.11 Å². The maximum atomic E-state index is 13.2. The van der Waals surface area contributed by atoms with E-state index >= 15 is 0 Å². The van der Waals surface area contributed by atoms with Gasteiger partial charge < -0.3 is 43.5 Å². The van der Waals surface area contributed by atoms with Crippen LogP contribution in [0.15, 0.2) is 60.7 Å². The maximum Gasteiger partial charge on any atom is 0.270 e. The predicted molar refractivity (Wildman–Crippen MR) is 170 cm³/mol. The van der Waals surface area contributed by atoms with Crippen molar-refractivity contribution >= 4 is 34.5 Å². The number of fused-ring (bicyclic) bond motifs is 3. The standard InChI is InChI=1S/C25H27N5O6.C8H8O2/c1-15(31)29-8-10-30(11-9-29)25-26-17-13-21(34-3)20(33-2)12-16(17)23(28-25)27-24(32)22-14-35-18-6-4-5-7-19(18)36-22;1-2-4-8-7(3-1)9-5-6-10-8/h4-7,12-13,22H,8-11,14H2,1-3H3,(H,26,27,28,32);1-4H,5-6H2. The molecule has 0 bridgehead atoms. The lowest BCUT2D eigenvalue weighted by molar-refractivity contribution is -0.129. The van der Waals surface area contributed by atoms with E-state index < -0.39 is 12.0 Å². The summed E-state index contributed by atoms with van der Waals surface area (Å²) in [6.45, 7) is 5.24. The zero-order chi connectivity index (χ0) is 32.0. The van der Waals surface area contributed by atoms with Gasteiger partial charge >= 0.3 is 0 Å². The van der Waals surface area contributed by atoms with Crippen LogP contribution in [0.25, 0.3) is 10.9 Å². The summed E-state index contributed by atoms with van der Waals surface area (Å²) in [6.07, 6.45) is -0.854. The monoisotopic (exact) mass is 629 g/mol. The number of aromatic nitrogens is 2. The smallest absolute Gasteiger partial charge is 0.270 e. The van der Waals surface area contributed by atoms with Crippen LogP contribution in [0.3, 0.4) is 0 Å². The highest BCUT2D eigenvalue weighted by atomic mass is 16.6. The molecule has 3 aliphatic rings. The summed E-state index contributed by atoms with van der Waals surface area (Å²) in [5, 5.41) is 3.49. The third kappa shape index (κ3) is 6.63. The van der Waals surface area contributed by atoms with Crippen LogP contribution in [0.1, 0.15) is 6.92 Å². The Hall–Kier alpha value is -5.46. The molecule has 1 aromatic heterocycles. The van der Waals surface area contributed by atoms with E-state index in [9.17, 15) is 9.59 Å². The first-order valence-corrected chi connectivity index (χ1v) is 14.9. The van der Waals surface area contributed by atoms with E-state index in [0.29, 0.717) is 85.1 Å². The number of rotatable bonds is 5. The van der Waals surface area contributed by atoms with Crippen LogP contribution >= 0.6 is 0 Å². The molecule has 1 saturated heterocycles. The van der Waals surface area contributed by atoms with Crippen molar-refractivity contribution in [2.45, 2.75) is 13.0 Å². The van der Waals surface area contributed by atoms with Crippen LogP contribution < -0.4 is 38.6 Å². The van der Waals surface area contributed by atoms with Crippen LogP contribution in [0, 0.1) is 0 Å². The first-order chi connectivity index (χ1) is 22.4. The van der Waals surface area contributed by atoms with Crippen molar-refractivity contribution in [3.8, 4) is 34.5 Å². The van der Waals surface area contributed by atoms with Gasteiger partial charge in [0.15, 0.2) is 34.5 Å². The molecule has 1 atom stereocenters. The second kappa shape index (κ2) is 13.7. The number of benzene rings is 3. The quantitative estimate of drug-likeness (QED) is 0.347. The lowest BCUT2D eigenvalue weighted by Gasteiger charge is -2.34. The first kappa shape index (κ1) is 30.6. The number of amides is 2. The highest BCUT2D eigenvalue weighted by molar-refractivity contribution is 6.02. The second-order valence-corrected chi connectivity index (χ2v) is 10.6. The van der Waals surface area contributed by atoms with Crippen molar-refractivity contribution in [1.29, 1.82) is 0 Å². The molecule has 2 amide bonds. The van der Waals surface area contributed by atoms with Crippen molar-refractivity contribution in [3.05, 3.63) is 60.7 Å². The average molecular weight is 630 g/mol. The third-order valence-electron chi connectivity index (χ3n) is 7.69. The molecule has 13 nitrogen and oxygen atoms in total. The molecule has 240 valence electrons. The van der Waals surface area contributed by atoms with Crippen LogP contribution in [0.5, 0.6) is 34.5 Å². The largest absolute Gasteiger partial charge is 0.493 e. The Kier molecular flexibility index (Phi) is 9.08. The van der Waals surface area contributed by atoms with Crippen LogP contribution in [0.4, 0.5) is 11.8 Å².